The van der Waals surface area contributed by atoms with Crippen molar-refractivity contribution in [3.05, 3.63) is 58.6 Å². The number of aryl methyl sites for hydroxylation is 2. The first-order valence-electron chi connectivity index (χ1n) is 6.14. The van der Waals surface area contributed by atoms with Crippen molar-refractivity contribution in [3.63, 3.8) is 0 Å². The molecule has 0 spiro atoms. The van der Waals surface area contributed by atoms with Gasteiger partial charge in [-0.25, -0.2) is 8.42 Å². The molecule has 0 atom stereocenters. The maximum absolute atomic E-state index is 12.6. The number of rotatable bonds is 3. The summed E-state index contributed by atoms with van der Waals surface area (Å²) >= 11 is 5.79. The second kappa shape index (κ2) is 5.46. The molecule has 0 amide bonds. The molecule has 0 aromatic heterocycles. The van der Waals surface area contributed by atoms with Gasteiger partial charge in [0.1, 0.15) is 0 Å². The molecular formula is C15H16ClNO2S. The van der Waals surface area contributed by atoms with E-state index in [1.807, 2.05) is 32.0 Å². The maximum atomic E-state index is 12.6. The Hall–Kier alpha value is -1.52. The Kier molecular flexibility index (Phi) is 4.06. The Morgan fingerprint density at radius 3 is 2.15 bits per heavy atom. The average molecular weight is 310 g/mol. The summed E-state index contributed by atoms with van der Waals surface area (Å²) in [7, 11) is -2.01. The lowest BCUT2D eigenvalue weighted by molar-refractivity contribution is 0.594. The molecule has 106 valence electrons. The molecule has 0 bridgehead atoms. The zero-order valence-electron chi connectivity index (χ0n) is 11.6. The number of hydrogen-bond acceptors (Lipinski definition) is 2. The monoisotopic (exact) mass is 309 g/mol. The van der Waals surface area contributed by atoms with Crippen LogP contribution in [0.25, 0.3) is 0 Å². The number of benzene rings is 2. The first-order valence-corrected chi connectivity index (χ1v) is 7.96. The molecule has 0 aliphatic rings. The summed E-state index contributed by atoms with van der Waals surface area (Å²) in [5.41, 5.74) is 2.69. The minimum absolute atomic E-state index is 0.226. The molecule has 0 unspecified atom stereocenters. The molecule has 0 heterocycles. The fraction of sp³-hybridized carbons (Fsp3) is 0.200. The van der Waals surface area contributed by atoms with Crippen LogP contribution in [0.5, 0.6) is 0 Å². The lowest BCUT2D eigenvalue weighted by Gasteiger charge is -2.21. The van der Waals surface area contributed by atoms with E-state index in [4.69, 9.17) is 11.6 Å². The van der Waals surface area contributed by atoms with Gasteiger partial charge in [-0.3, -0.25) is 4.31 Å². The number of hydrogen-bond donors (Lipinski definition) is 0. The smallest absolute Gasteiger partial charge is 0.264 e. The Balaban J connectivity index is 2.45. The van der Waals surface area contributed by atoms with Crippen LogP contribution in [0.15, 0.2) is 47.4 Å². The van der Waals surface area contributed by atoms with Gasteiger partial charge in [0.2, 0.25) is 0 Å². The summed E-state index contributed by atoms with van der Waals surface area (Å²) in [6, 6.07) is 11.8. The summed E-state index contributed by atoms with van der Waals surface area (Å²) in [6.07, 6.45) is 0. The van der Waals surface area contributed by atoms with E-state index in [2.05, 4.69) is 0 Å². The predicted molar refractivity (Wildman–Crippen MR) is 83.0 cm³/mol. The first-order chi connectivity index (χ1) is 9.32. The molecule has 0 aliphatic heterocycles. The van der Waals surface area contributed by atoms with Crippen molar-refractivity contribution in [3.8, 4) is 0 Å². The second-order valence-electron chi connectivity index (χ2n) is 4.72. The van der Waals surface area contributed by atoms with Gasteiger partial charge in [-0.2, -0.15) is 0 Å². The summed E-state index contributed by atoms with van der Waals surface area (Å²) in [5, 5.41) is 0.512. The van der Waals surface area contributed by atoms with Gasteiger partial charge in [-0.05, 0) is 49.7 Å². The summed E-state index contributed by atoms with van der Waals surface area (Å²) < 4.78 is 26.4. The van der Waals surface area contributed by atoms with E-state index >= 15 is 0 Å². The zero-order chi connectivity index (χ0) is 14.9. The van der Waals surface area contributed by atoms with Crippen LogP contribution in [0.4, 0.5) is 5.69 Å². The molecule has 0 saturated carbocycles. The van der Waals surface area contributed by atoms with Crippen LogP contribution in [0.1, 0.15) is 11.1 Å². The molecule has 5 heteroatoms. The Morgan fingerprint density at radius 1 is 1.00 bits per heavy atom. The standard InChI is InChI=1S/C15H16ClNO2S/c1-11-4-9-15(12(2)10-11)17(3)20(18,19)14-7-5-13(16)6-8-14/h4-10H,1-3H3. The fourth-order valence-electron chi connectivity index (χ4n) is 2.05. The molecule has 0 fully saturated rings. The van der Waals surface area contributed by atoms with Gasteiger partial charge in [0, 0.05) is 12.1 Å². The van der Waals surface area contributed by atoms with Crippen molar-refractivity contribution in [1.82, 2.24) is 0 Å². The van der Waals surface area contributed by atoms with Gasteiger partial charge in [0.25, 0.3) is 10.0 Å². The molecular weight excluding hydrogens is 294 g/mol. The Bertz CT molecular complexity index is 724. The number of nitrogens with zero attached hydrogens (tertiary/aromatic N) is 1. The highest BCUT2D eigenvalue weighted by molar-refractivity contribution is 7.92. The number of sulfonamides is 1. The molecule has 0 radical (unpaired) electrons. The van der Waals surface area contributed by atoms with Gasteiger partial charge in [-0.15, -0.1) is 0 Å². The Morgan fingerprint density at radius 2 is 1.60 bits per heavy atom. The van der Waals surface area contributed by atoms with E-state index < -0.39 is 10.0 Å². The van der Waals surface area contributed by atoms with Crippen LogP contribution in [-0.2, 0) is 10.0 Å². The summed E-state index contributed by atoms with van der Waals surface area (Å²) in [6.45, 7) is 3.88. The van der Waals surface area contributed by atoms with Crippen LogP contribution in [0, 0.1) is 13.8 Å². The highest BCUT2D eigenvalue weighted by Crippen LogP contribution is 2.26. The fourth-order valence-corrected chi connectivity index (χ4v) is 3.44. The van der Waals surface area contributed by atoms with Crippen molar-refractivity contribution in [2.24, 2.45) is 0 Å². The van der Waals surface area contributed by atoms with Crippen molar-refractivity contribution in [1.29, 1.82) is 0 Å². The zero-order valence-corrected chi connectivity index (χ0v) is 13.2. The van der Waals surface area contributed by atoms with E-state index in [9.17, 15) is 8.42 Å². The normalized spacial score (nSPS) is 11.4. The molecule has 0 N–H and O–H groups in total. The van der Waals surface area contributed by atoms with Crippen molar-refractivity contribution in [2.75, 3.05) is 11.4 Å². The SMILES string of the molecule is Cc1ccc(N(C)S(=O)(=O)c2ccc(Cl)cc2)c(C)c1. The average Bonchev–Trinajstić information content (AvgIpc) is 2.38. The van der Waals surface area contributed by atoms with Crippen LogP contribution >= 0.6 is 11.6 Å². The maximum Gasteiger partial charge on any atom is 0.264 e. The molecule has 20 heavy (non-hydrogen) atoms. The first kappa shape index (κ1) is 14.9. The largest absolute Gasteiger partial charge is 0.269 e. The van der Waals surface area contributed by atoms with E-state index in [0.29, 0.717) is 10.7 Å². The van der Waals surface area contributed by atoms with Crippen LogP contribution in [0.2, 0.25) is 5.02 Å². The van der Waals surface area contributed by atoms with Gasteiger partial charge in [0.15, 0.2) is 0 Å². The van der Waals surface area contributed by atoms with Gasteiger partial charge in [-0.1, -0.05) is 29.3 Å². The minimum Gasteiger partial charge on any atom is -0.269 e. The van der Waals surface area contributed by atoms with Gasteiger partial charge in [0.05, 0.1) is 10.6 Å². The molecule has 2 rings (SSSR count). The summed E-state index contributed by atoms with van der Waals surface area (Å²) in [4.78, 5) is 0.226. The Labute approximate surface area is 124 Å². The number of halogens is 1. The summed E-state index contributed by atoms with van der Waals surface area (Å²) in [5.74, 6) is 0. The van der Waals surface area contributed by atoms with E-state index in [1.54, 1.807) is 19.2 Å². The van der Waals surface area contributed by atoms with Gasteiger partial charge >= 0.3 is 0 Å². The molecule has 0 aliphatic carbocycles. The van der Waals surface area contributed by atoms with E-state index in [1.165, 1.54) is 16.4 Å². The lowest BCUT2D eigenvalue weighted by Crippen LogP contribution is -2.27. The molecule has 2 aromatic carbocycles. The van der Waals surface area contributed by atoms with Gasteiger partial charge < -0.3 is 0 Å². The van der Waals surface area contributed by atoms with Crippen LogP contribution in [0.3, 0.4) is 0 Å². The van der Waals surface area contributed by atoms with Crippen molar-refractivity contribution in [2.45, 2.75) is 18.7 Å². The lowest BCUT2D eigenvalue weighted by atomic mass is 10.1. The third kappa shape index (κ3) is 2.81. The second-order valence-corrected chi connectivity index (χ2v) is 7.12. The van der Waals surface area contributed by atoms with E-state index in [0.717, 1.165) is 11.1 Å². The molecule has 3 nitrogen and oxygen atoms in total. The highest BCUT2D eigenvalue weighted by Gasteiger charge is 2.22. The predicted octanol–water partition coefficient (Wildman–Crippen LogP) is 3.78. The van der Waals surface area contributed by atoms with Crippen molar-refractivity contribution >= 4 is 27.3 Å². The highest BCUT2D eigenvalue weighted by atomic mass is 35.5. The molecule has 0 saturated heterocycles. The van der Waals surface area contributed by atoms with Crippen LogP contribution in [-0.4, -0.2) is 15.5 Å². The minimum atomic E-state index is -3.57. The van der Waals surface area contributed by atoms with E-state index in [-0.39, 0.29) is 4.90 Å². The van der Waals surface area contributed by atoms with Crippen LogP contribution < -0.4 is 4.31 Å². The van der Waals surface area contributed by atoms with Crippen molar-refractivity contribution < 1.29 is 8.42 Å². The number of anilines is 1. The topological polar surface area (TPSA) is 37.4 Å². The quantitative estimate of drug-likeness (QED) is 0.865. The third-order valence-electron chi connectivity index (χ3n) is 3.16. The third-order valence-corrected chi connectivity index (χ3v) is 5.20. The molecule has 2 aromatic rings.